The van der Waals surface area contributed by atoms with E-state index in [9.17, 15) is 9.18 Å². The van der Waals surface area contributed by atoms with Gasteiger partial charge in [-0.3, -0.25) is 4.79 Å². The van der Waals surface area contributed by atoms with Crippen LogP contribution in [0.15, 0.2) is 42.5 Å². The van der Waals surface area contributed by atoms with Crippen molar-refractivity contribution in [2.45, 2.75) is 6.92 Å². The largest absolute Gasteiger partial charge is 0.321 e. The molecule has 0 unspecified atom stereocenters. The molecule has 0 radical (unpaired) electrons. The molecule has 0 saturated carbocycles. The highest BCUT2D eigenvalue weighted by molar-refractivity contribution is 6.34. The molecule has 3 rings (SSSR count). The van der Waals surface area contributed by atoms with Crippen molar-refractivity contribution in [3.63, 3.8) is 0 Å². The number of carbonyl (C=O) groups is 1. The molecule has 1 N–H and O–H groups in total. The lowest BCUT2D eigenvalue weighted by molar-refractivity contribution is -0.110. The van der Waals surface area contributed by atoms with Gasteiger partial charge in [-0.25, -0.2) is 4.39 Å². The standard InChI is InChI=1S/C16H12FNO/c1-10-5-6-15-13(7-10)14(16(19)18-15)9-11-3-2-4-12(17)8-11/h2-9H,1H3,(H,18,19)/b14-9+. The summed E-state index contributed by atoms with van der Waals surface area (Å²) in [6.45, 7) is 1.98. The van der Waals surface area contributed by atoms with Crippen LogP contribution in [-0.4, -0.2) is 5.91 Å². The third-order valence-corrected chi connectivity index (χ3v) is 3.12. The summed E-state index contributed by atoms with van der Waals surface area (Å²) in [7, 11) is 0. The number of amides is 1. The average molecular weight is 253 g/mol. The van der Waals surface area contributed by atoms with Crippen LogP contribution in [0.1, 0.15) is 16.7 Å². The van der Waals surface area contributed by atoms with Crippen LogP contribution >= 0.6 is 0 Å². The maximum Gasteiger partial charge on any atom is 0.256 e. The zero-order chi connectivity index (χ0) is 13.4. The van der Waals surface area contributed by atoms with Crippen molar-refractivity contribution < 1.29 is 9.18 Å². The fourth-order valence-electron chi connectivity index (χ4n) is 2.21. The van der Waals surface area contributed by atoms with Crippen molar-refractivity contribution in [3.8, 4) is 0 Å². The van der Waals surface area contributed by atoms with Gasteiger partial charge in [0.25, 0.3) is 5.91 Å². The Morgan fingerprint density at radius 2 is 2.00 bits per heavy atom. The highest BCUT2D eigenvalue weighted by Gasteiger charge is 2.23. The Bertz CT molecular complexity index is 704. The van der Waals surface area contributed by atoms with Gasteiger partial charge in [-0.1, -0.05) is 23.8 Å². The number of aryl methyl sites for hydroxylation is 1. The molecule has 1 aliphatic heterocycles. The quantitative estimate of drug-likeness (QED) is 0.772. The van der Waals surface area contributed by atoms with E-state index >= 15 is 0 Å². The highest BCUT2D eigenvalue weighted by atomic mass is 19.1. The fraction of sp³-hybridized carbons (Fsp3) is 0.0625. The first kappa shape index (κ1) is 11.7. The second-order valence-electron chi connectivity index (χ2n) is 4.62. The molecule has 0 bridgehead atoms. The lowest BCUT2D eigenvalue weighted by Gasteiger charge is -2.00. The van der Waals surface area contributed by atoms with Crippen molar-refractivity contribution >= 4 is 23.2 Å². The van der Waals surface area contributed by atoms with Gasteiger partial charge in [0.2, 0.25) is 0 Å². The molecule has 0 fully saturated rings. The minimum atomic E-state index is -0.308. The molecule has 94 valence electrons. The van der Waals surface area contributed by atoms with Crippen LogP contribution in [0.5, 0.6) is 0 Å². The molecule has 1 heterocycles. The van der Waals surface area contributed by atoms with Gasteiger partial charge in [-0.2, -0.15) is 0 Å². The van der Waals surface area contributed by atoms with E-state index in [1.54, 1.807) is 18.2 Å². The van der Waals surface area contributed by atoms with E-state index in [2.05, 4.69) is 5.32 Å². The van der Waals surface area contributed by atoms with E-state index in [4.69, 9.17) is 0 Å². The van der Waals surface area contributed by atoms with E-state index in [-0.39, 0.29) is 11.7 Å². The predicted molar refractivity (Wildman–Crippen MR) is 74.1 cm³/mol. The molecule has 19 heavy (non-hydrogen) atoms. The molecule has 0 spiro atoms. The number of carbonyl (C=O) groups excluding carboxylic acids is 1. The number of hydrogen-bond donors (Lipinski definition) is 1. The maximum atomic E-state index is 13.2. The summed E-state index contributed by atoms with van der Waals surface area (Å²) >= 11 is 0. The second-order valence-corrected chi connectivity index (χ2v) is 4.62. The molecule has 0 saturated heterocycles. The third-order valence-electron chi connectivity index (χ3n) is 3.12. The summed E-state index contributed by atoms with van der Waals surface area (Å²) in [6.07, 6.45) is 1.71. The van der Waals surface area contributed by atoms with Crippen molar-refractivity contribution in [1.82, 2.24) is 0 Å². The molecule has 2 aromatic carbocycles. The van der Waals surface area contributed by atoms with Crippen molar-refractivity contribution in [1.29, 1.82) is 0 Å². The maximum absolute atomic E-state index is 13.2. The molecular formula is C16H12FNO. The van der Waals surface area contributed by atoms with Crippen LogP contribution in [0.25, 0.3) is 11.6 Å². The first-order chi connectivity index (χ1) is 9.13. The lowest BCUT2D eigenvalue weighted by Crippen LogP contribution is -2.03. The van der Waals surface area contributed by atoms with Gasteiger partial charge in [0.15, 0.2) is 0 Å². The van der Waals surface area contributed by atoms with Crippen molar-refractivity contribution in [3.05, 3.63) is 65.0 Å². The minimum Gasteiger partial charge on any atom is -0.321 e. The molecule has 0 aromatic heterocycles. The molecule has 1 aliphatic rings. The zero-order valence-corrected chi connectivity index (χ0v) is 10.4. The third kappa shape index (κ3) is 2.15. The van der Waals surface area contributed by atoms with Gasteiger partial charge in [0.05, 0.1) is 0 Å². The molecule has 0 aliphatic carbocycles. The van der Waals surface area contributed by atoms with E-state index in [0.29, 0.717) is 11.1 Å². The van der Waals surface area contributed by atoms with Gasteiger partial charge >= 0.3 is 0 Å². The first-order valence-electron chi connectivity index (χ1n) is 6.03. The van der Waals surface area contributed by atoms with E-state index in [1.807, 2.05) is 25.1 Å². The Morgan fingerprint density at radius 1 is 1.16 bits per heavy atom. The number of benzene rings is 2. The van der Waals surface area contributed by atoms with Crippen LogP contribution in [-0.2, 0) is 4.79 Å². The summed E-state index contributed by atoms with van der Waals surface area (Å²) < 4.78 is 13.2. The average Bonchev–Trinajstić information content (AvgIpc) is 2.66. The normalized spacial score (nSPS) is 15.5. The SMILES string of the molecule is Cc1ccc2c(c1)/C(=C\c1cccc(F)c1)C(=O)N2. The number of halogens is 1. The Hall–Kier alpha value is -2.42. The zero-order valence-electron chi connectivity index (χ0n) is 10.4. The first-order valence-corrected chi connectivity index (χ1v) is 6.03. The van der Waals surface area contributed by atoms with Crippen LogP contribution in [0.3, 0.4) is 0 Å². The van der Waals surface area contributed by atoms with Crippen molar-refractivity contribution in [2.75, 3.05) is 5.32 Å². The Kier molecular flexibility index (Phi) is 2.67. The van der Waals surface area contributed by atoms with E-state index in [0.717, 1.165) is 16.8 Å². The van der Waals surface area contributed by atoms with E-state index in [1.165, 1.54) is 12.1 Å². The fourth-order valence-corrected chi connectivity index (χ4v) is 2.21. The van der Waals surface area contributed by atoms with Gasteiger partial charge in [0, 0.05) is 16.8 Å². The van der Waals surface area contributed by atoms with Crippen LogP contribution in [0, 0.1) is 12.7 Å². The number of rotatable bonds is 1. The minimum absolute atomic E-state index is 0.148. The summed E-state index contributed by atoms with van der Waals surface area (Å²) in [4.78, 5) is 12.0. The van der Waals surface area contributed by atoms with Gasteiger partial charge in [-0.05, 0) is 42.8 Å². The molecule has 3 heteroatoms. The monoisotopic (exact) mass is 253 g/mol. The summed E-state index contributed by atoms with van der Waals surface area (Å²) in [5.74, 6) is -0.456. The van der Waals surface area contributed by atoms with Crippen LogP contribution in [0.2, 0.25) is 0 Å². The Labute approximate surface area is 110 Å². The van der Waals surface area contributed by atoms with Crippen LogP contribution in [0.4, 0.5) is 10.1 Å². The molecule has 2 aromatic rings. The molecule has 2 nitrogen and oxygen atoms in total. The van der Waals surface area contributed by atoms with Gasteiger partial charge < -0.3 is 5.32 Å². The molecule has 0 atom stereocenters. The Morgan fingerprint density at radius 3 is 2.79 bits per heavy atom. The molecule has 1 amide bonds. The number of nitrogens with one attached hydrogen (secondary N) is 1. The topological polar surface area (TPSA) is 29.1 Å². The summed E-state index contributed by atoms with van der Waals surface area (Å²) in [5, 5.41) is 2.81. The highest BCUT2D eigenvalue weighted by Crippen LogP contribution is 2.33. The van der Waals surface area contributed by atoms with Gasteiger partial charge in [-0.15, -0.1) is 0 Å². The summed E-state index contributed by atoms with van der Waals surface area (Å²) in [5.41, 5.74) is 4.01. The van der Waals surface area contributed by atoms with Gasteiger partial charge in [0.1, 0.15) is 5.82 Å². The summed E-state index contributed by atoms with van der Waals surface area (Å²) in [6, 6.07) is 12.0. The number of hydrogen-bond acceptors (Lipinski definition) is 1. The Balaban J connectivity index is 2.11. The second kappa shape index (κ2) is 4.35. The van der Waals surface area contributed by atoms with Crippen molar-refractivity contribution in [2.24, 2.45) is 0 Å². The predicted octanol–water partition coefficient (Wildman–Crippen LogP) is 3.63. The van der Waals surface area contributed by atoms with Crippen LogP contribution < -0.4 is 5.32 Å². The number of fused-ring (bicyclic) bond motifs is 1. The van der Waals surface area contributed by atoms with E-state index < -0.39 is 0 Å². The lowest BCUT2D eigenvalue weighted by atomic mass is 10.0. The number of anilines is 1. The smallest absolute Gasteiger partial charge is 0.256 e. The molecular weight excluding hydrogens is 241 g/mol.